The third-order valence-corrected chi connectivity index (χ3v) is 4.18. The average Bonchev–Trinajstić information content (AvgIpc) is 2.78. The van der Waals surface area contributed by atoms with Crippen molar-refractivity contribution in [1.82, 2.24) is 9.97 Å². The molecule has 1 unspecified atom stereocenters. The van der Waals surface area contributed by atoms with Gasteiger partial charge < -0.3 is 15.0 Å². The van der Waals surface area contributed by atoms with Gasteiger partial charge in [-0.15, -0.1) is 11.3 Å². The second-order valence-electron chi connectivity index (χ2n) is 4.89. The number of ether oxygens (including phenoxy) is 1. The lowest BCUT2D eigenvalue weighted by Crippen LogP contribution is -2.33. The van der Waals surface area contributed by atoms with Crippen LogP contribution in [-0.4, -0.2) is 43.3 Å². The molecule has 0 aliphatic rings. The van der Waals surface area contributed by atoms with Gasteiger partial charge in [0.05, 0.1) is 18.0 Å². The van der Waals surface area contributed by atoms with E-state index >= 15 is 0 Å². The first kappa shape index (κ1) is 15.0. The lowest BCUT2D eigenvalue weighted by molar-refractivity contribution is 0.183. The fourth-order valence-electron chi connectivity index (χ4n) is 2.09. The second kappa shape index (κ2) is 6.37. The van der Waals surface area contributed by atoms with E-state index in [-0.39, 0.29) is 6.04 Å². The quantitative estimate of drug-likeness (QED) is 0.887. The Morgan fingerprint density at radius 3 is 2.85 bits per heavy atom. The number of aryl methyl sites for hydroxylation is 1. The van der Waals surface area contributed by atoms with Crippen LogP contribution in [0.1, 0.15) is 18.7 Å². The molecule has 6 heteroatoms. The monoisotopic (exact) mass is 294 g/mol. The van der Waals surface area contributed by atoms with Crippen LogP contribution in [0.3, 0.4) is 0 Å². The molecule has 0 aromatic carbocycles. The Labute approximate surface area is 124 Å². The number of nitrogens with one attached hydrogen (secondary N) is 1. The standard InChI is InChI=1S/C14H22N4OS/c1-6-15-14-16-12(18(4)9(2)8-19-5)11-7-10(3)20-13(11)17-14/h7,9H,6,8H2,1-5H3,(H,15,16,17). The number of hydrogen-bond acceptors (Lipinski definition) is 6. The highest BCUT2D eigenvalue weighted by Crippen LogP contribution is 2.31. The van der Waals surface area contributed by atoms with Crippen molar-refractivity contribution in [3.05, 3.63) is 10.9 Å². The van der Waals surface area contributed by atoms with Crippen LogP contribution in [0.4, 0.5) is 11.8 Å². The summed E-state index contributed by atoms with van der Waals surface area (Å²) in [6, 6.07) is 2.41. The van der Waals surface area contributed by atoms with Crippen LogP contribution in [0.15, 0.2) is 6.07 Å². The molecule has 2 heterocycles. The topological polar surface area (TPSA) is 50.3 Å². The molecule has 0 amide bonds. The zero-order valence-electron chi connectivity index (χ0n) is 12.7. The Balaban J connectivity index is 2.48. The molecule has 2 rings (SSSR count). The zero-order chi connectivity index (χ0) is 14.7. The molecule has 0 aliphatic carbocycles. The molecule has 1 atom stereocenters. The summed E-state index contributed by atoms with van der Waals surface area (Å²) in [6.45, 7) is 7.75. The van der Waals surface area contributed by atoms with Crippen molar-refractivity contribution >= 4 is 33.3 Å². The molecule has 0 saturated heterocycles. The third kappa shape index (κ3) is 3.02. The highest BCUT2D eigenvalue weighted by Gasteiger charge is 2.17. The molecule has 0 radical (unpaired) electrons. The number of nitrogens with zero attached hydrogens (tertiary/aromatic N) is 3. The van der Waals surface area contributed by atoms with Crippen LogP contribution in [-0.2, 0) is 4.74 Å². The Hall–Kier alpha value is -1.40. The van der Waals surface area contributed by atoms with Gasteiger partial charge in [0.25, 0.3) is 0 Å². The predicted molar refractivity (Wildman–Crippen MR) is 86.1 cm³/mol. The first-order valence-corrected chi connectivity index (χ1v) is 7.62. The van der Waals surface area contributed by atoms with Crippen molar-refractivity contribution < 1.29 is 4.74 Å². The SMILES string of the molecule is CCNc1nc(N(C)C(C)COC)c2cc(C)sc2n1. The number of fused-ring (bicyclic) bond motifs is 1. The van der Waals surface area contributed by atoms with E-state index in [0.29, 0.717) is 12.6 Å². The minimum Gasteiger partial charge on any atom is -0.383 e. The molecule has 1 N–H and O–H groups in total. The van der Waals surface area contributed by atoms with Gasteiger partial charge in [0.1, 0.15) is 10.6 Å². The van der Waals surface area contributed by atoms with Crippen molar-refractivity contribution in [3.63, 3.8) is 0 Å². The highest BCUT2D eigenvalue weighted by atomic mass is 32.1. The molecule has 5 nitrogen and oxygen atoms in total. The van der Waals surface area contributed by atoms with E-state index in [1.54, 1.807) is 18.4 Å². The van der Waals surface area contributed by atoms with Gasteiger partial charge in [-0.05, 0) is 26.8 Å². The van der Waals surface area contributed by atoms with Crippen molar-refractivity contribution in [2.75, 3.05) is 37.5 Å². The smallest absolute Gasteiger partial charge is 0.226 e. The number of thiophene rings is 1. The van der Waals surface area contributed by atoms with Gasteiger partial charge in [0, 0.05) is 25.6 Å². The lowest BCUT2D eigenvalue weighted by Gasteiger charge is -2.26. The van der Waals surface area contributed by atoms with Crippen LogP contribution in [0.5, 0.6) is 0 Å². The Morgan fingerprint density at radius 2 is 2.20 bits per heavy atom. The van der Waals surface area contributed by atoms with Gasteiger partial charge in [-0.1, -0.05) is 0 Å². The summed E-state index contributed by atoms with van der Waals surface area (Å²) >= 11 is 1.70. The number of rotatable bonds is 6. The van der Waals surface area contributed by atoms with Crippen LogP contribution in [0.2, 0.25) is 0 Å². The first-order chi connectivity index (χ1) is 9.56. The van der Waals surface area contributed by atoms with E-state index < -0.39 is 0 Å². The molecule has 0 spiro atoms. The fourth-order valence-corrected chi connectivity index (χ4v) is 2.97. The van der Waals surface area contributed by atoms with E-state index in [1.807, 2.05) is 14.0 Å². The predicted octanol–water partition coefficient (Wildman–Crippen LogP) is 2.90. The first-order valence-electron chi connectivity index (χ1n) is 6.80. The van der Waals surface area contributed by atoms with Crippen molar-refractivity contribution in [3.8, 4) is 0 Å². The Kier molecular flexibility index (Phi) is 4.77. The summed E-state index contributed by atoms with van der Waals surface area (Å²) in [5, 5.41) is 4.31. The summed E-state index contributed by atoms with van der Waals surface area (Å²) in [4.78, 5) is 13.7. The summed E-state index contributed by atoms with van der Waals surface area (Å²) < 4.78 is 5.24. The summed E-state index contributed by atoms with van der Waals surface area (Å²) in [5.74, 6) is 1.65. The molecule has 0 bridgehead atoms. The molecule has 0 aliphatic heterocycles. The molecule has 2 aromatic rings. The fraction of sp³-hybridized carbons (Fsp3) is 0.571. The number of methoxy groups -OCH3 is 1. The molecule has 20 heavy (non-hydrogen) atoms. The largest absolute Gasteiger partial charge is 0.383 e. The highest BCUT2D eigenvalue weighted by molar-refractivity contribution is 7.18. The number of aromatic nitrogens is 2. The van der Waals surface area contributed by atoms with Crippen LogP contribution >= 0.6 is 11.3 Å². The molecule has 0 fully saturated rings. The minimum absolute atomic E-state index is 0.257. The van der Waals surface area contributed by atoms with Gasteiger partial charge in [-0.2, -0.15) is 4.98 Å². The molecule has 110 valence electrons. The van der Waals surface area contributed by atoms with Crippen molar-refractivity contribution in [2.24, 2.45) is 0 Å². The summed E-state index contributed by atoms with van der Waals surface area (Å²) in [6.07, 6.45) is 0. The Bertz CT molecular complexity index is 584. The maximum atomic E-state index is 5.24. The van der Waals surface area contributed by atoms with E-state index in [4.69, 9.17) is 4.74 Å². The Morgan fingerprint density at radius 1 is 1.45 bits per heavy atom. The molecule has 2 aromatic heterocycles. The van der Waals surface area contributed by atoms with Gasteiger partial charge in [0.2, 0.25) is 5.95 Å². The normalized spacial score (nSPS) is 12.7. The average molecular weight is 294 g/mol. The molecular formula is C14H22N4OS. The number of hydrogen-bond donors (Lipinski definition) is 1. The summed E-state index contributed by atoms with van der Waals surface area (Å²) in [7, 11) is 3.77. The van der Waals surface area contributed by atoms with Crippen LogP contribution < -0.4 is 10.2 Å². The van der Waals surface area contributed by atoms with Gasteiger partial charge >= 0.3 is 0 Å². The van der Waals surface area contributed by atoms with Crippen LogP contribution in [0, 0.1) is 6.92 Å². The van der Waals surface area contributed by atoms with E-state index in [9.17, 15) is 0 Å². The summed E-state index contributed by atoms with van der Waals surface area (Å²) in [5.41, 5.74) is 0. The second-order valence-corrected chi connectivity index (χ2v) is 6.13. The molecular weight excluding hydrogens is 272 g/mol. The maximum Gasteiger partial charge on any atom is 0.226 e. The van der Waals surface area contributed by atoms with E-state index in [1.165, 1.54) is 4.88 Å². The minimum atomic E-state index is 0.257. The maximum absolute atomic E-state index is 5.24. The third-order valence-electron chi connectivity index (χ3n) is 3.23. The number of anilines is 2. The van der Waals surface area contributed by atoms with Crippen LogP contribution in [0.25, 0.3) is 10.2 Å². The van der Waals surface area contributed by atoms with E-state index in [0.717, 1.165) is 22.6 Å². The zero-order valence-corrected chi connectivity index (χ0v) is 13.5. The van der Waals surface area contributed by atoms with Gasteiger partial charge in [-0.25, -0.2) is 4.98 Å². The van der Waals surface area contributed by atoms with Gasteiger partial charge in [-0.3, -0.25) is 0 Å². The lowest BCUT2D eigenvalue weighted by atomic mass is 10.2. The van der Waals surface area contributed by atoms with Gasteiger partial charge in [0.15, 0.2) is 0 Å². The van der Waals surface area contributed by atoms with E-state index in [2.05, 4.69) is 40.1 Å². The van der Waals surface area contributed by atoms with Crippen molar-refractivity contribution in [2.45, 2.75) is 26.8 Å². The van der Waals surface area contributed by atoms with Crippen molar-refractivity contribution in [1.29, 1.82) is 0 Å². The molecule has 0 saturated carbocycles. The number of likely N-dealkylation sites (N-methyl/N-ethyl adjacent to an activating group) is 1.